The first-order valence-electron chi connectivity index (χ1n) is 7.01. The summed E-state index contributed by atoms with van der Waals surface area (Å²) >= 11 is 0. The topological polar surface area (TPSA) is 95.9 Å². The fourth-order valence-electron chi connectivity index (χ4n) is 2.61. The van der Waals surface area contributed by atoms with Crippen molar-refractivity contribution in [3.63, 3.8) is 0 Å². The highest BCUT2D eigenvalue weighted by Gasteiger charge is 2.19. The highest BCUT2D eigenvalue weighted by Crippen LogP contribution is 2.18. The van der Waals surface area contributed by atoms with Crippen molar-refractivity contribution in [2.24, 2.45) is 5.73 Å². The average Bonchev–Trinajstić information content (AvgIpc) is 2.54. The Kier molecular flexibility index (Phi) is 3.81. The Balaban J connectivity index is 1.77. The van der Waals surface area contributed by atoms with E-state index in [0.717, 1.165) is 36.3 Å². The molecule has 0 saturated carbocycles. The second-order valence-electron chi connectivity index (χ2n) is 5.30. The van der Waals surface area contributed by atoms with E-state index in [1.807, 2.05) is 18.2 Å². The summed E-state index contributed by atoms with van der Waals surface area (Å²) in [6, 6.07) is 9.73. The average molecular weight is 293 g/mol. The SMILES string of the molecule is N#Cc1cccc(CN2CCc3cnc(C(N)=O)nc3C2)c1. The van der Waals surface area contributed by atoms with Gasteiger partial charge in [-0.2, -0.15) is 5.26 Å². The molecule has 0 unspecified atom stereocenters. The lowest BCUT2D eigenvalue weighted by atomic mass is 10.1. The van der Waals surface area contributed by atoms with Crippen LogP contribution < -0.4 is 5.73 Å². The normalized spacial score (nSPS) is 14.1. The van der Waals surface area contributed by atoms with Crippen LogP contribution in [0.5, 0.6) is 0 Å². The van der Waals surface area contributed by atoms with Crippen LogP contribution >= 0.6 is 0 Å². The van der Waals surface area contributed by atoms with E-state index in [2.05, 4.69) is 20.9 Å². The lowest BCUT2D eigenvalue weighted by molar-refractivity contribution is 0.0989. The molecule has 2 aromatic rings. The fraction of sp³-hybridized carbons (Fsp3) is 0.250. The number of nitriles is 1. The number of nitrogens with two attached hydrogens (primary N) is 1. The van der Waals surface area contributed by atoms with Crippen molar-refractivity contribution in [2.75, 3.05) is 6.54 Å². The van der Waals surface area contributed by atoms with Crippen molar-refractivity contribution in [1.82, 2.24) is 14.9 Å². The summed E-state index contributed by atoms with van der Waals surface area (Å²) in [5, 5.41) is 8.96. The monoisotopic (exact) mass is 293 g/mol. The molecule has 6 nitrogen and oxygen atoms in total. The Bertz CT molecular complexity index is 765. The van der Waals surface area contributed by atoms with E-state index in [4.69, 9.17) is 11.0 Å². The van der Waals surface area contributed by atoms with E-state index >= 15 is 0 Å². The third kappa shape index (κ3) is 2.95. The maximum Gasteiger partial charge on any atom is 0.286 e. The van der Waals surface area contributed by atoms with Crippen LogP contribution in [0.1, 0.15) is 33.0 Å². The molecule has 0 bridgehead atoms. The van der Waals surface area contributed by atoms with Crippen molar-refractivity contribution in [3.8, 4) is 6.07 Å². The van der Waals surface area contributed by atoms with Gasteiger partial charge >= 0.3 is 0 Å². The molecule has 2 N–H and O–H groups in total. The minimum absolute atomic E-state index is 0.0621. The van der Waals surface area contributed by atoms with Crippen LogP contribution in [0.25, 0.3) is 0 Å². The number of hydrogen-bond acceptors (Lipinski definition) is 5. The molecule has 6 heteroatoms. The first-order valence-corrected chi connectivity index (χ1v) is 7.01. The molecule has 1 aromatic heterocycles. The number of benzene rings is 1. The van der Waals surface area contributed by atoms with Crippen LogP contribution in [-0.4, -0.2) is 27.3 Å². The molecule has 0 atom stereocenters. The molecule has 0 saturated heterocycles. The van der Waals surface area contributed by atoms with Gasteiger partial charge in [-0.3, -0.25) is 9.69 Å². The third-order valence-electron chi connectivity index (χ3n) is 3.71. The van der Waals surface area contributed by atoms with Crippen LogP contribution in [0.4, 0.5) is 0 Å². The second-order valence-corrected chi connectivity index (χ2v) is 5.30. The number of fused-ring (bicyclic) bond motifs is 1. The smallest absolute Gasteiger partial charge is 0.286 e. The molecule has 110 valence electrons. The van der Waals surface area contributed by atoms with Crippen molar-refractivity contribution >= 4 is 5.91 Å². The number of rotatable bonds is 3. The van der Waals surface area contributed by atoms with Crippen LogP contribution in [0.3, 0.4) is 0 Å². The van der Waals surface area contributed by atoms with Crippen molar-refractivity contribution < 1.29 is 4.79 Å². The van der Waals surface area contributed by atoms with Crippen molar-refractivity contribution in [3.05, 3.63) is 58.7 Å². The van der Waals surface area contributed by atoms with Gasteiger partial charge in [0.25, 0.3) is 5.91 Å². The third-order valence-corrected chi connectivity index (χ3v) is 3.71. The van der Waals surface area contributed by atoms with Gasteiger partial charge in [0.05, 0.1) is 17.3 Å². The molecular formula is C16H15N5O. The number of aromatic nitrogens is 2. The predicted molar refractivity (Wildman–Crippen MR) is 79.5 cm³/mol. The summed E-state index contributed by atoms with van der Waals surface area (Å²) in [4.78, 5) is 21.7. The van der Waals surface area contributed by atoms with Gasteiger partial charge in [-0.15, -0.1) is 0 Å². The van der Waals surface area contributed by atoms with Crippen LogP contribution in [0.2, 0.25) is 0 Å². The summed E-state index contributed by atoms with van der Waals surface area (Å²) < 4.78 is 0. The Hall–Kier alpha value is -2.78. The minimum Gasteiger partial charge on any atom is -0.363 e. The lowest BCUT2D eigenvalue weighted by Gasteiger charge is -2.27. The first kappa shape index (κ1) is 14.2. The van der Waals surface area contributed by atoms with Crippen molar-refractivity contribution in [1.29, 1.82) is 5.26 Å². The molecular weight excluding hydrogens is 278 g/mol. The van der Waals surface area contributed by atoms with E-state index in [0.29, 0.717) is 12.1 Å². The molecule has 0 spiro atoms. The zero-order valence-corrected chi connectivity index (χ0v) is 12.0. The predicted octanol–water partition coefficient (Wildman–Crippen LogP) is 1.01. The number of primary amides is 1. The Morgan fingerprint density at radius 2 is 2.32 bits per heavy atom. The maximum absolute atomic E-state index is 11.2. The Morgan fingerprint density at radius 1 is 1.45 bits per heavy atom. The molecule has 0 fully saturated rings. The number of carbonyl (C=O) groups excluding carboxylic acids is 1. The Labute approximate surface area is 128 Å². The molecule has 1 amide bonds. The summed E-state index contributed by atoms with van der Waals surface area (Å²) in [6.45, 7) is 2.28. The number of nitrogens with zero attached hydrogens (tertiary/aromatic N) is 4. The van der Waals surface area contributed by atoms with E-state index in [1.54, 1.807) is 12.3 Å². The van der Waals surface area contributed by atoms with Gasteiger partial charge in [-0.25, -0.2) is 9.97 Å². The van der Waals surface area contributed by atoms with Gasteiger partial charge in [0.15, 0.2) is 0 Å². The van der Waals surface area contributed by atoms with Crippen LogP contribution in [0.15, 0.2) is 30.5 Å². The van der Waals surface area contributed by atoms with Crippen molar-refractivity contribution in [2.45, 2.75) is 19.5 Å². The zero-order chi connectivity index (χ0) is 15.5. The van der Waals surface area contributed by atoms with Gasteiger partial charge in [0.2, 0.25) is 5.82 Å². The highest BCUT2D eigenvalue weighted by molar-refractivity contribution is 5.88. The van der Waals surface area contributed by atoms with E-state index in [9.17, 15) is 4.79 Å². The molecule has 1 aliphatic rings. The molecule has 2 heterocycles. The van der Waals surface area contributed by atoms with Gasteiger partial charge < -0.3 is 5.73 Å². The summed E-state index contributed by atoms with van der Waals surface area (Å²) in [7, 11) is 0. The van der Waals surface area contributed by atoms with E-state index in [-0.39, 0.29) is 5.82 Å². The quantitative estimate of drug-likeness (QED) is 0.911. The molecule has 1 aromatic carbocycles. The molecule has 3 rings (SSSR count). The highest BCUT2D eigenvalue weighted by atomic mass is 16.1. The minimum atomic E-state index is -0.610. The fourth-order valence-corrected chi connectivity index (χ4v) is 2.61. The molecule has 0 aliphatic carbocycles. The lowest BCUT2D eigenvalue weighted by Crippen LogP contribution is -2.32. The van der Waals surface area contributed by atoms with Gasteiger partial charge in [0.1, 0.15) is 0 Å². The zero-order valence-electron chi connectivity index (χ0n) is 12.0. The van der Waals surface area contributed by atoms with E-state index < -0.39 is 5.91 Å². The number of hydrogen-bond donors (Lipinski definition) is 1. The van der Waals surface area contributed by atoms with Gasteiger partial charge in [-0.05, 0) is 29.7 Å². The summed E-state index contributed by atoms with van der Waals surface area (Å²) in [5.74, 6) is -0.547. The maximum atomic E-state index is 11.2. The summed E-state index contributed by atoms with van der Waals surface area (Å²) in [6.07, 6.45) is 2.53. The summed E-state index contributed by atoms with van der Waals surface area (Å²) in [5.41, 5.74) is 8.89. The van der Waals surface area contributed by atoms with Gasteiger partial charge in [0, 0.05) is 25.8 Å². The first-order chi connectivity index (χ1) is 10.7. The molecule has 22 heavy (non-hydrogen) atoms. The molecule has 0 radical (unpaired) electrons. The Morgan fingerprint density at radius 3 is 3.09 bits per heavy atom. The van der Waals surface area contributed by atoms with Gasteiger partial charge in [-0.1, -0.05) is 12.1 Å². The van der Waals surface area contributed by atoms with E-state index in [1.165, 1.54) is 0 Å². The standard InChI is InChI=1S/C16H15N5O/c17-7-11-2-1-3-12(6-11)9-21-5-4-13-8-19-16(15(18)22)20-14(13)10-21/h1-3,6,8H,4-5,9-10H2,(H2,18,22). The number of amides is 1. The largest absolute Gasteiger partial charge is 0.363 e. The number of carbonyl (C=O) groups is 1. The second kappa shape index (κ2) is 5.92. The van der Waals surface area contributed by atoms with Crippen LogP contribution in [0, 0.1) is 11.3 Å². The molecule has 1 aliphatic heterocycles. The van der Waals surface area contributed by atoms with Crippen LogP contribution in [-0.2, 0) is 19.5 Å².